The molecule has 2 unspecified atom stereocenters. The van der Waals surface area contributed by atoms with E-state index < -0.39 is 0 Å². The molecule has 3 N–H and O–H groups in total. The van der Waals surface area contributed by atoms with Crippen LogP contribution in [0.2, 0.25) is 0 Å². The largest absolute Gasteiger partial charge is 0.454 e. The second kappa shape index (κ2) is 7.90. The highest BCUT2D eigenvalue weighted by Crippen LogP contribution is 2.34. The highest BCUT2D eigenvalue weighted by atomic mass is 16.7. The van der Waals surface area contributed by atoms with E-state index in [9.17, 15) is 9.59 Å². The minimum Gasteiger partial charge on any atom is -0.454 e. The maximum absolute atomic E-state index is 12.4. The van der Waals surface area contributed by atoms with Crippen LogP contribution in [-0.2, 0) is 4.79 Å². The van der Waals surface area contributed by atoms with Crippen LogP contribution in [0.15, 0.2) is 42.5 Å². The van der Waals surface area contributed by atoms with E-state index in [2.05, 4.69) is 22.9 Å². The number of ether oxygens (including phenoxy) is 2. The van der Waals surface area contributed by atoms with Crippen molar-refractivity contribution >= 4 is 23.2 Å². The molecule has 1 saturated heterocycles. The first kappa shape index (κ1) is 18.3. The Labute approximate surface area is 163 Å². The predicted octanol–water partition coefficient (Wildman–Crippen LogP) is 2.99. The summed E-state index contributed by atoms with van der Waals surface area (Å²) >= 11 is 0. The number of hydrogen-bond donors (Lipinski definition) is 3. The molecule has 2 heterocycles. The lowest BCUT2D eigenvalue weighted by Crippen LogP contribution is -2.45. The average molecular weight is 381 g/mol. The fourth-order valence-electron chi connectivity index (χ4n) is 3.33. The summed E-state index contributed by atoms with van der Waals surface area (Å²) in [7, 11) is 0. The van der Waals surface area contributed by atoms with E-state index in [1.807, 2.05) is 0 Å². The van der Waals surface area contributed by atoms with Gasteiger partial charge < -0.3 is 25.4 Å². The van der Waals surface area contributed by atoms with E-state index in [0.29, 0.717) is 34.4 Å². The zero-order valence-corrected chi connectivity index (χ0v) is 15.7. The van der Waals surface area contributed by atoms with Gasteiger partial charge in [0, 0.05) is 23.0 Å². The topological polar surface area (TPSA) is 88.7 Å². The molecule has 4 rings (SSSR count). The van der Waals surface area contributed by atoms with Crippen LogP contribution in [0.25, 0.3) is 0 Å². The summed E-state index contributed by atoms with van der Waals surface area (Å²) in [5.41, 5.74) is 1.80. The number of fused-ring (bicyclic) bond motifs is 1. The number of benzene rings is 2. The van der Waals surface area contributed by atoms with Gasteiger partial charge in [0.15, 0.2) is 11.5 Å². The van der Waals surface area contributed by atoms with Crippen LogP contribution in [0, 0.1) is 5.92 Å². The molecule has 146 valence electrons. The number of carbonyl (C=O) groups is 2. The molecule has 2 aromatic carbocycles. The van der Waals surface area contributed by atoms with Crippen molar-refractivity contribution in [3.8, 4) is 11.5 Å². The van der Waals surface area contributed by atoms with Crippen LogP contribution in [0.3, 0.4) is 0 Å². The molecule has 0 spiro atoms. The van der Waals surface area contributed by atoms with Crippen molar-refractivity contribution in [2.24, 2.45) is 5.92 Å². The fourth-order valence-corrected chi connectivity index (χ4v) is 3.33. The van der Waals surface area contributed by atoms with E-state index in [0.717, 1.165) is 19.4 Å². The van der Waals surface area contributed by atoms with Gasteiger partial charge in [0.05, 0.1) is 6.04 Å². The SMILES string of the molecule is CC1CCC(C(=O)Nc2ccc(C(=O)Nc3ccc4c(c3)OCO4)cc2)NC1. The van der Waals surface area contributed by atoms with Crippen molar-refractivity contribution in [2.45, 2.75) is 25.8 Å². The molecule has 2 aliphatic rings. The van der Waals surface area contributed by atoms with Crippen LogP contribution >= 0.6 is 0 Å². The van der Waals surface area contributed by atoms with Crippen molar-refractivity contribution in [2.75, 3.05) is 24.0 Å². The summed E-state index contributed by atoms with van der Waals surface area (Å²) in [6, 6.07) is 11.9. The lowest BCUT2D eigenvalue weighted by atomic mass is 9.96. The van der Waals surface area contributed by atoms with Gasteiger partial charge in [-0.1, -0.05) is 6.92 Å². The molecule has 7 heteroatoms. The molecule has 0 saturated carbocycles. The molecule has 7 nitrogen and oxygen atoms in total. The maximum atomic E-state index is 12.4. The van der Waals surface area contributed by atoms with E-state index in [-0.39, 0.29) is 24.6 Å². The van der Waals surface area contributed by atoms with Crippen molar-refractivity contribution in [3.63, 3.8) is 0 Å². The van der Waals surface area contributed by atoms with Gasteiger partial charge in [-0.2, -0.15) is 0 Å². The van der Waals surface area contributed by atoms with Gasteiger partial charge in [0.25, 0.3) is 5.91 Å². The molecule has 0 bridgehead atoms. The second-order valence-electron chi connectivity index (χ2n) is 7.23. The number of carbonyl (C=O) groups excluding carboxylic acids is 2. The third-order valence-electron chi connectivity index (χ3n) is 5.02. The molecular weight excluding hydrogens is 358 g/mol. The number of nitrogens with one attached hydrogen (secondary N) is 3. The van der Waals surface area contributed by atoms with Gasteiger partial charge in [-0.05, 0) is 61.7 Å². The molecule has 1 fully saturated rings. The summed E-state index contributed by atoms with van der Waals surface area (Å²) in [6.07, 6.45) is 1.88. The lowest BCUT2D eigenvalue weighted by Gasteiger charge is -2.26. The number of hydrogen-bond acceptors (Lipinski definition) is 5. The first-order chi connectivity index (χ1) is 13.6. The van der Waals surface area contributed by atoms with Gasteiger partial charge in [0.1, 0.15) is 0 Å². The monoisotopic (exact) mass is 381 g/mol. The van der Waals surface area contributed by atoms with Crippen molar-refractivity contribution in [1.29, 1.82) is 0 Å². The molecule has 2 aliphatic heterocycles. The second-order valence-corrected chi connectivity index (χ2v) is 7.23. The average Bonchev–Trinajstić information content (AvgIpc) is 3.17. The minimum absolute atomic E-state index is 0.0375. The van der Waals surface area contributed by atoms with Crippen LogP contribution in [0.1, 0.15) is 30.1 Å². The normalized spacial score (nSPS) is 20.5. The Morgan fingerprint density at radius 3 is 2.46 bits per heavy atom. The quantitative estimate of drug-likeness (QED) is 0.758. The molecule has 0 radical (unpaired) electrons. The maximum Gasteiger partial charge on any atom is 0.255 e. The Morgan fingerprint density at radius 1 is 0.964 bits per heavy atom. The van der Waals surface area contributed by atoms with Gasteiger partial charge in [-0.3, -0.25) is 9.59 Å². The summed E-state index contributed by atoms with van der Waals surface area (Å²) in [6.45, 7) is 3.22. The number of piperidine rings is 1. The Morgan fingerprint density at radius 2 is 1.71 bits per heavy atom. The van der Waals surface area contributed by atoms with Gasteiger partial charge >= 0.3 is 0 Å². The summed E-state index contributed by atoms with van der Waals surface area (Å²) in [5.74, 6) is 1.61. The summed E-state index contributed by atoms with van der Waals surface area (Å²) in [4.78, 5) is 24.8. The highest BCUT2D eigenvalue weighted by molar-refractivity contribution is 6.05. The molecule has 0 aromatic heterocycles. The van der Waals surface area contributed by atoms with E-state index >= 15 is 0 Å². The Kier molecular flexibility index (Phi) is 5.16. The van der Waals surface area contributed by atoms with Crippen LogP contribution < -0.4 is 25.4 Å². The molecule has 2 atom stereocenters. The minimum atomic E-state index is -0.236. The first-order valence-corrected chi connectivity index (χ1v) is 9.44. The zero-order valence-electron chi connectivity index (χ0n) is 15.7. The smallest absolute Gasteiger partial charge is 0.255 e. The third-order valence-corrected chi connectivity index (χ3v) is 5.02. The van der Waals surface area contributed by atoms with Gasteiger partial charge in [-0.25, -0.2) is 0 Å². The molecule has 2 amide bonds. The molecule has 0 aliphatic carbocycles. The number of amides is 2. The van der Waals surface area contributed by atoms with Gasteiger partial charge in [-0.15, -0.1) is 0 Å². The first-order valence-electron chi connectivity index (χ1n) is 9.44. The summed E-state index contributed by atoms with van der Waals surface area (Å²) < 4.78 is 10.6. The zero-order chi connectivity index (χ0) is 19.5. The fraction of sp³-hybridized carbons (Fsp3) is 0.333. The van der Waals surface area contributed by atoms with Crippen LogP contribution in [-0.4, -0.2) is 31.2 Å². The van der Waals surface area contributed by atoms with Crippen molar-refractivity contribution in [3.05, 3.63) is 48.0 Å². The van der Waals surface area contributed by atoms with Crippen molar-refractivity contribution in [1.82, 2.24) is 5.32 Å². The highest BCUT2D eigenvalue weighted by Gasteiger charge is 2.23. The van der Waals surface area contributed by atoms with E-state index in [4.69, 9.17) is 9.47 Å². The Bertz CT molecular complexity index is 874. The van der Waals surface area contributed by atoms with Crippen LogP contribution in [0.5, 0.6) is 11.5 Å². The third kappa shape index (κ3) is 4.09. The molecule has 2 aromatic rings. The summed E-state index contributed by atoms with van der Waals surface area (Å²) in [5, 5.41) is 9.01. The molecular formula is C21H23N3O4. The van der Waals surface area contributed by atoms with E-state index in [1.54, 1.807) is 42.5 Å². The lowest BCUT2D eigenvalue weighted by molar-refractivity contribution is -0.118. The van der Waals surface area contributed by atoms with E-state index in [1.165, 1.54) is 0 Å². The van der Waals surface area contributed by atoms with Crippen molar-refractivity contribution < 1.29 is 19.1 Å². The molecule has 28 heavy (non-hydrogen) atoms. The van der Waals surface area contributed by atoms with Gasteiger partial charge in [0.2, 0.25) is 12.7 Å². The number of anilines is 2. The predicted molar refractivity (Wildman–Crippen MR) is 106 cm³/mol. The Hall–Kier alpha value is -3.06. The number of rotatable bonds is 4. The van der Waals surface area contributed by atoms with Crippen LogP contribution in [0.4, 0.5) is 11.4 Å². The Balaban J connectivity index is 1.35. The standard InChI is InChI=1S/C21H23N3O4/c1-13-2-8-17(22-11-13)21(26)23-15-5-3-14(4-6-15)20(25)24-16-7-9-18-19(10-16)28-12-27-18/h3-7,9-10,13,17,22H,2,8,11-12H2,1H3,(H,23,26)(H,24,25).